The summed E-state index contributed by atoms with van der Waals surface area (Å²) in [4.78, 5) is 0. The summed E-state index contributed by atoms with van der Waals surface area (Å²) in [6.07, 6.45) is 1.53. The summed E-state index contributed by atoms with van der Waals surface area (Å²) < 4.78 is 10.9. The zero-order valence-electron chi connectivity index (χ0n) is 8.38. The van der Waals surface area contributed by atoms with Gasteiger partial charge in [0, 0.05) is 13.8 Å². The fraction of sp³-hybridized carbons (Fsp3) is 0.273. The molecule has 0 aliphatic carbocycles. The average Bonchev–Trinajstić information content (AvgIpc) is 2.46. The van der Waals surface area contributed by atoms with Gasteiger partial charge in [0.05, 0.1) is 15.6 Å². The fourth-order valence-electron chi connectivity index (χ4n) is 1.35. The van der Waals surface area contributed by atoms with Crippen molar-refractivity contribution < 1.29 is 9.47 Å². The van der Waals surface area contributed by atoms with Crippen molar-refractivity contribution in [3.05, 3.63) is 40.1 Å². The van der Waals surface area contributed by atoms with Crippen LogP contribution in [0, 0.1) is 0 Å². The molecule has 0 saturated carbocycles. The van der Waals surface area contributed by atoms with E-state index in [0.717, 1.165) is 0 Å². The summed E-state index contributed by atoms with van der Waals surface area (Å²) >= 11 is 12.1. The Bertz CT molecular complexity index is 404. The predicted octanol–water partition coefficient (Wildman–Crippen LogP) is 4.07. The van der Waals surface area contributed by atoms with E-state index in [0.29, 0.717) is 21.4 Å². The van der Waals surface area contributed by atoms with E-state index in [1.165, 1.54) is 6.26 Å². The van der Waals surface area contributed by atoms with Gasteiger partial charge in [0.15, 0.2) is 5.76 Å². The monoisotopic (exact) mass is 244 g/mol. The molecule has 0 aromatic heterocycles. The van der Waals surface area contributed by atoms with E-state index in [-0.39, 0.29) is 0 Å². The lowest BCUT2D eigenvalue weighted by Crippen LogP contribution is -2.20. The summed E-state index contributed by atoms with van der Waals surface area (Å²) in [7, 11) is 0. The van der Waals surface area contributed by atoms with Crippen LogP contribution < -0.4 is 0 Å². The normalized spacial score (nSPS) is 18.0. The number of halogens is 2. The molecule has 80 valence electrons. The summed E-state index contributed by atoms with van der Waals surface area (Å²) in [6, 6.07) is 5.31. The smallest absolute Gasteiger partial charge is 0.245 e. The van der Waals surface area contributed by atoms with Gasteiger partial charge in [-0.05, 0) is 12.1 Å². The molecule has 2 nitrogen and oxygen atoms in total. The maximum atomic E-state index is 6.04. The van der Waals surface area contributed by atoms with Gasteiger partial charge in [0.1, 0.15) is 6.26 Å². The Morgan fingerprint density at radius 1 is 1.13 bits per heavy atom. The van der Waals surface area contributed by atoms with E-state index in [1.54, 1.807) is 18.2 Å². The highest BCUT2D eigenvalue weighted by Crippen LogP contribution is 2.37. The van der Waals surface area contributed by atoms with E-state index >= 15 is 0 Å². The molecule has 15 heavy (non-hydrogen) atoms. The van der Waals surface area contributed by atoms with Crippen molar-refractivity contribution in [1.29, 1.82) is 0 Å². The second kappa shape index (κ2) is 3.62. The highest BCUT2D eigenvalue weighted by Gasteiger charge is 2.30. The van der Waals surface area contributed by atoms with Crippen molar-refractivity contribution in [2.45, 2.75) is 19.6 Å². The lowest BCUT2D eigenvalue weighted by Gasteiger charge is -2.18. The first-order chi connectivity index (χ1) is 6.99. The Kier molecular flexibility index (Phi) is 2.57. The molecule has 1 aromatic carbocycles. The topological polar surface area (TPSA) is 18.5 Å². The Hall–Kier alpha value is -0.860. The van der Waals surface area contributed by atoms with Crippen molar-refractivity contribution in [3.8, 4) is 0 Å². The maximum Gasteiger partial charge on any atom is 0.245 e. The largest absolute Gasteiger partial charge is 0.457 e. The van der Waals surface area contributed by atoms with Crippen LogP contribution in [0.25, 0.3) is 5.76 Å². The fourth-order valence-corrected chi connectivity index (χ4v) is 1.94. The summed E-state index contributed by atoms with van der Waals surface area (Å²) in [5.41, 5.74) is 0.673. The first kappa shape index (κ1) is 10.7. The molecule has 0 atom stereocenters. The molecule has 0 fully saturated rings. The van der Waals surface area contributed by atoms with Gasteiger partial charge >= 0.3 is 0 Å². The summed E-state index contributed by atoms with van der Waals surface area (Å²) in [5, 5.41) is 1.10. The number of benzene rings is 1. The van der Waals surface area contributed by atoms with Crippen LogP contribution in [0.15, 0.2) is 24.5 Å². The van der Waals surface area contributed by atoms with Gasteiger partial charge < -0.3 is 9.47 Å². The Balaban J connectivity index is 2.40. The molecule has 0 spiro atoms. The summed E-state index contributed by atoms with van der Waals surface area (Å²) in [5.74, 6) is -0.0896. The van der Waals surface area contributed by atoms with Gasteiger partial charge in [-0.3, -0.25) is 0 Å². The van der Waals surface area contributed by atoms with Crippen molar-refractivity contribution in [1.82, 2.24) is 0 Å². The molecule has 0 N–H and O–H groups in total. The molecular formula is C11H10Cl2O2. The minimum atomic E-state index is -0.655. The Morgan fingerprint density at radius 3 is 2.20 bits per heavy atom. The van der Waals surface area contributed by atoms with E-state index in [2.05, 4.69) is 0 Å². The lowest BCUT2D eigenvalue weighted by atomic mass is 10.2. The molecule has 1 aromatic rings. The van der Waals surface area contributed by atoms with Crippen molar-refractivity contribution >= 4 is 29.0 Å². The SMILES string of the molecule is CC1(C)OC=C(c2c(Cl)cccc2Cl)O1. The van der Waals surface area contributed by atoms with E-state index < -0.39 is 5.79 Å². The maximum absolute atomic E-state index is 6.04. The number of hydrogen-bond acceptors (Lipinski definition) is 2. The first-order valence-corrected chi connectivity index (χ1v) is 5.26. The molecule has 1 aliphatic heterocycles. The average molecular weight is 245 g/mol. The molecular weight excluding hydrogens is 235 g/mol. The minimum Gasteiger partial charge on any atom is -0.457 e. The standard InChI is InChI=1S/C11H10Cl2O2/c1-11(2)14-6-9(15-11)10-7(12)4-3-5-8(10)13/h3-6H,1-2H3. The van der Waals surface area contributed by atoms with Crippen molar-refractivity contribution in [2.24, 2.45) is 0 Å². The predicted molar refractivity (Wildman–Crippen MR) is 60.7 cm³/mol. The van der Waals surface area contributed by atoms with E-state index in [9.17, 15) is 0 Å². The minimum absolute atomic E-state index is 0.551. The Morgan fingerprint density at radius 2 is 1.73 bits per heavy atom. The second-order valence-corrected chi connectivity index (χ2v) is 4.51. The van der Waals surface area contributed by atoms with Crippen LogP contribution in [0.5, 0.6) is 0 Å². The van der Waals surface area contributed by atoms with E-state index in [1.807, 2.05) is 13.8 Å². The van der Waals surface area contributed by atoms with Gasteiger partial charge in [0.25, 0.3) is 0 Å². The molecule has 2 rings (SSSR count). The van der Waals surface area contributed by atoms with Crippen LogP contribution in [-0.2, 0) is 9.47 Å². The van der Waals surface area contributed by atoms with Gasteiger partial charge in [-0.1, -0.05) is 29.3 Å². The zero-order valence-corrected chi connectivity index (χ0v) is 9.89. The van der Waals surface area contributed by atoms with Crippen molar-refractivity contribution in [2.75, 3.05) is 0 Å². The van der Waals surface area contributed by atoms with Crippen LogP contribution >= 0.6 is 23.2 Å². The third-order valence-corrected chi connectivity index (χ3v) is 2.64. The quantitative estimate of drug-likeness (QED) is 0.742. The molecule has 0 radical (unpaired) electrons. The van der Waals surface area contributed by atoms with Crippen LogP contribution in [0.2, 0.25) is 10.0 Å². The van der Waals surface area contributed by atoms with Crippen molar-refractivity contribution in [3.63, 3.8) is 0 Å². The first-order valence-electron chi connectivity index (χ1n) is 4.51. The second-order valence-electron chi connectivity index (χ2n) is 3.70. The van der Waals surface area contributed by atoms with Crippen LogP contribution in [0.3, 0.4) is 0 Å². The third kappa shape index (κ3) is 2.06. The molecule has 0 amide bonds. The van der Waals surface area contributed by atoms with Gasteiger partial charge in [-0.2, -0.15) is 0 Å². The van der Waals surface area contributed by atoms with Gasteiger partial charge in [0.2, 0.25) is 5.79 Å². The number of hydrogen-bond donors (Lipinski definition) is 0. The van der Waals surface area contributed by atoms with E-state index in [4.69, 9.17) is 32.7 Å². The highest BCUT2D eigenvalue weighted by atomic mass is 35.5. The molecule has 1 aliphatic rings. The van der Waals surface area contributed by atoms with Crippen LogP contribution in [0.1, 0.15) is 19.4 Å². The van der Waals surface area contributed by atoms with Crippen LogP contribution in [0.4, 0.5) is 0 Å². The Labute approximate surface area is 98.4 Å². The lowest BCUT2D eigenvalue weighted by molar-refractivity contribution is -0.102. The molecule has 0 unspecified atom stereocenters. The number of ether oxygens (including phenoxy) is 2. The molecule has 0 saturated heterocycles. The highest BCUT2D eigenvalue weighted by molar-refractivity contribution is 6.37. The number of rotatable bonds is 1. The van der Waals surface area contributed by atoms with Gasteiger partial charge in [-0.15, -0.1) is 0 Å². The molecule has 0 bridgehead atoms. The molecule has 4 heteroatoms. The zero-order chi connectivity index (χ0) is 11.1. The van der Waals surface area contributed by atoms with Gasteiger partial charge in [-0.25, -0.2) is 0 Å². The third-order valence-electron chi connectivity index (χ3n) is 2.01. The molecule has 1 heterocycles. The summed E-state index contributed by atoms with van der Waals surface area (Å²) in [6.45, 7) is 3.64. The van der Waals surface area contributed by atoms with Crippen LogP contribution in [-0.4, -0.2) is 5.79 Å².